The minimum Gasteiger partial charge on any atom is -0.379 e. The van der Waals surface area contributed by atoms with Gasteiger partial charge in [0.25, 0.3) is 0 Å². The highest BCUT2D eigenvalue weighted by molar-refractivity contribution is 5.82. The molecule has 2 aliphatic rings. The second kappa shape index (κ2) is 5.92. The molecule has 1 heterocycles. The van der Waals surface area contributed by atoms with Crippen LogP contribution in [-0.4, -0.2) is 43.0 Å². The molecule has 0 aromatic heterocycles. The van der Waals surface area contributed by atoms with E-state index in [9.17, 15) is 4.79 Å². The van der Waals surface area contributed by atoms with Gasteiger partial charge in [0.1, 0.15) is 5.78 Å². The average Bonchev–Trinajstić information content (AvgIpc) is 2.33. The number of ether oxygens (including phenoxy) is 1. The van der Waals surface area contributed by atoms with Crippen LogP contribution in [0.4, 0.5) is 0 Å². The van der Waals surface area contributed by atoms with Crippen molar-refractivity contribution in [3.8, 4) is 0 Å². The summed E-state index contributed by atoms with van der Waals surface area (Å²) < 4.78 is 5.48. The Balaban J connectivity index is 1.95. The fraction of sp³-hybridized carbons (Fsp3) is 0.938. The van der Waals surface area contributed by atoms with Gasteiger partial charge in [-0.1, -0.05) is 20.8 Å². The normalized spacial score (nSPS) is 34.5. The van der Waals surface area contributed by atoms with E-state index in [0.29, 0.717) is 23.2 Å². The zero-order valence-electron chi connectivity index (χ0n) is 12.9. The maximum absolute atomic E-state index is 12.2. The molecule has 3 nitrogen and oxygen atoms in total. The van der Waals surface area contributed by atoms with Gasteiger partial charge in [-0.25, -0.2) is 0 Å². The molecule has 0 bridgehead atoms. The maximum atomic E-state index is 12.2. The number of ketones is 1. The Bertz CT molecular complexity index is 321. The second-order valence-corrected chi connectivity index (χ2v) is 7.42. The van der Waals surface area contributed by atoms with E-state index in [1.54, 1.807) is 0 Å². The summed E-state index contributed by atoms with van der Waals surface area (Å²) in [4.78, 5) is 14.6. The number of morpholine rings is 1. The van der Waals surface area contributed by atoms with Gasteiger partial charge in [-0.3, -0.25) is 9.69 Å². The average molecular weight is 267 g/mol. The van der Waals surface area contributed by atoms with Gasteiger partial charge in [0.15, 0.2) is 0 Å². The van der Waals surface area contributed by atoms with E-state index in [4.69, 9.17) is 4.74 Å². The molecule has 1 aliphatic heterocycles. The van der Waals surface area contributed by atoms with Crippen molar-refractivity contribution in [2.24, 2.45) is 17.3 Å². The van der Waals surface area contributed by atoms with Crippen LogP contribution in [0.2, 0.25) is 0 Å². The fourth-order valence-electron chi connectivity index (χ4n) is 3.39. The lowest BCUT2D eigenvalue weighted by atomic mass is 9.68. The monoisotopic (exact) mass is 267 g/mol. The Morgan fingerprint density at radius 3 is 2.74 bits per heavy atom. The molecule has 0 N–H and O–H groups in total. The molecular weight excluding hydrogens is 238 g/mol. The van der Waals surface area contributed by atoms with Crippen LogP contribution in [-0.2, 0) is 9.53 Å². The van der Waals surface area contributed by atoms with Crippen LogP contribution < -0.4 is 0 Å². The number of rotatable bonds is 2. The van der Waals surface area contributed by atoms with Crippen molar-refractivity contribution in [3.63, 3.8) is 0 Å². The minimum atomic E-state index is 0.249. The summed E-state index contributed by atoms with van der Waals surface area (Å²) in [5, 5.41) is 0. The Morgan fingerprint density at radius 1 is 1.37 bits per heavy atom. The van der Waals surface area contributed by atoms with Crippen LogP contribution in [0.3, 0.4) is 0 Å². The van der Waals surface area contributed by atoms with Crippen LogP contribution >= 0.6 is 0 Å². The number of nitrogens with zero attached hydrogens (tertiary/aromatic N) is 1. The lowest BCUT2D eigenvalue weighted by Crippen LogP contribution is -2.48. The molecule has 3 atom stereocenters. The molecule has 1 saturated carbocycles. The molecular formula is C16H29NO2. The number of Topliss-reactive ketones (excluding diaryl/α,β-unsaturated/α-hetero) is 1. The van der Waals surface area contributed by atoms with Crippen LogP contribution in [0, 0.1) is 17.3 Å². The molecule has 0 aromatic carbocycles. The first-order valence-corrected chi connectivity index (χ1v) is 7.72. The summed E-state index contributed by atoms with van der Waals surface area (Å²) in [5.41, 5.74) is 0.329. The Kier molecular flexibility index (Phi) is 4.67. The van der Waals surface area contributed by atoms with Crippen molar-refractivity contribution >= 4 is 5.78 Å². The summed E-state index contributed by atoms with van der Waals surface area (Å²) in [5.74, 6) is 1.42. The van der Waals surface area contributed by atoms with Crippen LogP contribution in [0.5, 0.6) is 0 Å². The van der Waals surface area contributed by atoms with Crippen molar-refractivity contribution in [1.82, 2.24) is 4.90 Å². The van der Waals surface area contributed by atoms with E-state index in [2.05, 4.69) is 32.6 Å². The smallest absolute Gasteiger partial charge is 0.137 e. The predicted octanol–water partition coefficient (Wildman–Crippen LogP) is 2.74. The molecule has 0 radical (unpaired) electrons. The first kappa shape index (κ1) is 15.0. The van der Waals surface area contributed by atoms with Gasteiger partial charge in [-0.15, -0.1) is 0 Å². The number of hydrogen-bond acceptors (Lipinski definition) is 3. The van der Waals surface area contributed by atoms with Crippen LogP contribution in [0.1, 0.15) is 47.0 Å². The third-order valence-corrected chi connectivity index (χ3v) is 4.95. The summed E-state index contributed by atoms with van der Waals surface area (Å²) in [6.45, 7) is 12.7. The van der Waals surface area contributed by atoms with Gasteiger partial charge in [0.2, 0.25) is 0 Å². The molecule has 0 aromatic rings. The molecule has 2 fully saturated rings. The van der Waals surface area contributed by atoms with Gasteiger partial charge in [-0.2, -0.15) is 0 Å². The van der Waals surface area contributed by atoms with Gasteiger partial charge in [0.05, 0.1) is 13.2 Å². The van der Waals surface area contributed by atoms with Crippen molar-refractivity contribution in [2.75, 3.05) is 26.3 Å². The van der Waals surface area contributed by atoms with E-state index >= 15 is 0 Å². The van der Waals surface area contributed by atoms with Gasteiger partial charge in [0, 0.05) is 31.5 Å². The third kappa shape index (κ3) is 3.79. The zero-order valence-corrected chi connectivity index (χ0v) is 12.9. The number of carbonyl (C=O) groups excluding carboxylic acids is 1. The van der Waals surface area contributed by atoms with Gasteiger partial charge in [-0.05, 0) is 31.1 Å². The van der Waals surface area contributed by atoms with E-state index < -0.39 is 0 Å². The first-order chi connectivity index (χ1) is 8.88. The molecule has 110 valence electrons. The summed E-state index contributed by atoms with van der Waals surface area (Å²) in [6, 6.07) is 0.455. The molecule has 1 aliphatic carbocycles. The lowest BCUT2D eigenvalue weighted by molar-refractivity contribution is -0.128. The van der Waals surface area contributed by atoms with Gasteiger partial charge >= 0.3 is 0 Å². The zero-order chi connectivity index (χ0) is 14.0. The lowest BCUT2D eigenvalue weighted by Gasteiger charge is -2.40. The maximum Gasteiger partial charge on any atom is 0.137 e. The molecule has 0 spiro atoms. The summed E-state index contributed by atoms with van der Waals surface area (Å²) >= 11 is 0. The van der Waals surface area contributed by atoms with E-state index in [-0.39, 0.29) is 5.92 Å². The van der Waals surface area contributed by atoms with Gasteiger partial charge < -0.3 is 4.74 Å². The second-order valence-electron chi connectivity index (χ2n) is 7.42. The Hall–Kier alpha value is -0.410. The van der Waals surface area contributed by atoms with Crippen molar-refractivity contribution < 1.29 is 9.53 Å². The van der Waals surface area contributed by atoms with Crippen molar-refractivity contribution in [1.29, 1.82) is 0 Å². The van der Waals surface area contributed by atoms with Crippen LogP contribution in [0.25, 0.3) is 0 Å². The van der Waals surface area contributed by atoms with Crippen molar-refractivity contribution in [3.05, 3.63) is 0 Å². The third-order valence-electron chi connectivity index (χ3n) is 4.95. The number of carbonyl (C=O) groups is 1. The molecule has 3 heteroatoms. The molecule has 3 unspecified atom stereocenters. The summed E-state index contributed by atoms with van der Waals surface area (Å²) in [7, 11) is 0. The van der Waals surface area contributed by atoms with E-state index in [1.807, 2.05) is 0 Å². The Labute approximate surface area is 117 Å². The first-order valence-electron chi connectivity index (χ1n) is 7.72. The molecule has 0 amide bonds. The largest absolute Gasteiger partial charge is 0.379 e. The highest BCUT2D eigenvalue weighted by atomic mass is 16.5. The molecule has 19 heavy (non-hydrogen) atoms. The topological polar surface area (TPSA) is 29.5 Å². The quantitative estimate of drug-likeness (QED) is 0.770. The van der Waals surface area contributed by atoms with Crippen LogP contribution in [0.15, 0.2) is 0 Å². The molecule has 1 saturated heterocycles. The standard InChI is InChI=1S/C16H29NO2/c1-12-11-19-8-7-17(12)10-13-9-14(16(2,3)4)5-6-15(13)18/h12-14H,5-11H2,1-4H3. The minimum absolute atomic E-state index is 0.249. The highest BCUT2D eigenvalue weighted by Gasteiger charge is 2.36. The fourth-order valence-corrected chi connectivity index (χ4v) is 3.39. The van der Waals surface area contributed by atoms with Crippen molar-refractivity contribution in [2.45, 2.75) is 53.0 Å². The van der Waals surface area contributed by atoms with E-state index in [0.717, 1.165) is 45.6 Å². The number of hydrogen-bond donors (Lipinski definition) is 0. The Morgan fingerprint density at radius 2 is 2.11 bits per heavy atom. The predicted molar refractivity (Wildman–Crippen MR) is 77.1 cm³/mol. The highest BCUT2D eigenvalue weighted by Crippen LogP contribution is 2.39. The summed E-state index contributed by atoms with van der Waals surface area (Å²) in [6.07, 6.45) is 2.94. The SMILES string of the molecule is CC1COCCN1CC1CC(C(C)(C)C)CCC1=O. The van der Waals surface area contributed by atoms with E-state index in [1.165, 1.54) is 0 Å². The molecule has 2 rings (SSSR count).